The second kappa shape index (κ2) is 5.15. The van der Waals surface area contributed by atoms with Gasteiger partial charge in [0, 0.05) is 0 Å². The summed E-state index contributed by atoms with van der Waals surface area (Å²) in [5, 5.41) is 8.75. The summed E-state index contributed by atoms with van der Waals surface area (Å²) in [6.45, 7) is 0.458. The number of aromatic nitrogens is 1. The van der Waals surface area contributed by atoms with Crippen LogP contribution in [0.15, 0.2) is 16.7 Å². The van der Waals surface area contributed by atoms with E-state index in [4.69, 9.17) is 10.8 Å². The molecule has 0 fully saturated rings. The highest BCUT2D eigenvalue weighted by molar-refractivity contribution is 9.10. The molecule has 0 unspecified atom stereocenters. The van der Waals surface area contributed by atoms with Gasteiger partial charge in [-0.05, 0) is 35.0 Å². The van der Waals surface area contributed by atoms with Crippen LogP contribution in [-0.4, -0.2) is 28.3 Å². The van der Waals surface area contributed by atoms with Crippen LogP contribution in [0.25, 0.3) is 0 Å². The van der Waals surface area contributed by atoms with E-state index in [1.165, 1.54) is 0 Å². The SMILES string of the molecule is C[C@@](N)(c1nc(Br)ccc1F)C(F)(F)[C@H](O)C(F)(F)F. The van der Waals surface area contributed by atoms with E-state index in [1.807, 2.05) is 0 Å². The van der Waals surface area contributed by atoms with Gasteiger partial charge in [0.1, 0.15) is 21.7 Å². The van der Waals surface area contributed by atoms with Crippen LogP contribution in [0.1, 0.15) is 12.6 Å². The summed E-state index contributed by atoms with van der Waals surface area (Å²) in [5.74, 6) is -6.20. The van der Waals surface area contributed by atoms with Gasteiger partial charge in [-0.15, -0.1) is 0 Å². The number of halogens is 7. The highest BCUT2D eigenvalue weighted by atomic mass is 79.9. The van der Waals surface area contributed by atoms with Gasteiger partial charge in [0.2, 0.25) is 6.10 Å². The van der Waals surface area contributed by atoms with Crippen LogP contribution in [0.5, 0.6) is 0 Å². The maximum absolute atomic E-state index is 13.8. The molecule has 0 bridgehead atoms. The minimum absolute atomic E-state index is 0.0946. The summed E-state index contributed by atoms with van der Waals surface area (Å²) < 4.78 is 77.7. The van der Waals surface area contributed by atoms with E-state index < -0.39 is 35.3 Å². The van der Waals surface area contributed by atoms with Crippen molar-refractivity contribution in [1.82, 2.24) is 4.98 Å². The van der Waals surface area contributed by atoms with E-state index in [0.717, 1.165) is 6.07 Å². The minimum atomic E-state index is -5.62. The van der Waals surface area contributed by atoms with Gasteiger partial charge in [-0.1, -0.05) is 0 Å². The lowest BCUT2D eigenvalue weighted by Gasteiger charge is -2.37. The molecular formula is C10H9BrF6N2O. The molecule has 0 amide bonds. The molecule has 0 aliphatic heterocycles. The van der Waals surface area contributed by atoms with Gasteiger partial charge in [-0.3, -0.25) is 0 Å². The average Bonchev–Trinajstić information content (AvgIpc) is 2.29. The van der Waals surface area contributed by atoms with Gasteiger partial charge in [0.05, 0.1) is 0 Å². The largest absolute Gasteiger partial charge is 0.420 e. The Bertz CT molecular complexity index is 505. The second-order valence-electron chi connectivity index (χ2n) is 4.23. The number of nitrogens with two attached hydrogens (primary N) is 1. The van der Waals surface area contributed by atoms with Crippen LogP contribution in [0, 0.1) is 5.82 Å². The summed E-state index contributed by atoms with van der Waals surface area (Å²) in [6, 6.07) is 1.78. The maximum atomic E-state index is 13.8. The number of pyridine rings is 1. The predicted molar refractivity (Wildman–Crippen MR) is 60.4 cm³/mol. The third-order valence-electron chi connectivity index (χ3n) is 2.65. The van der Waals surface area contributed by atoms with Gasteiger partial charge < -0.3 is 10.8 Å². The summed E-state index contributed by atoms with van der Waals surface area (Å²) in [7, 11) is 0. The monoisotopic (exact) mass is 366 g/mol. The number of hydrogen-bond acceptors (Lipinski definition) is 3. The summed E-state index contributed by atoms with van der Waals surface area (Å²) in [6.07, 6.45) is -9.67. The second-order valence-corrected chi connectivity index (χ2v) is 5.05. The maximum Gasteiger partial charge on any atom is 0.420 e. The Kier molecular flexibility index (Phi) is 4.43. The van der Waals surface area contributed by atoms with Crippen molar-refractivity contribution in [3.63, 3.8) is 0 Å². The van der Waals surface area contributed by atoms with Crippen molar-refractivity contribution in [3.8, 4) is 0 Å². The molecule has 2 atom stereocenters. The van der Waals surface area contributed by atoms with Crippen molar-refractivity contribution in [3.05, 3.63) is 28.2 Å². The van der Waals surface area contributed by atoms with E-state index in [-0.39, 0.29) is 4.60 Å². The number of hydrogen-bond donors (Lipinski definition) is 2. The zero-order chi connectivity index (χ0) is 15.9. The third kappa shape index (κ3) is 2.91. The average molecular weight is 367 g/mol. The topological polar surface area (TPSA) is 59.1 Å². The number of alkyl halides is 5. The molecule has 1 aromatic heterocycles. The van der Waals surface area contributed by atoms with Crippen LogP contribution in [-0.2, 0) is 5.54 Å². The quantitative estimate of drug-likeness (QED) is 0.638. The first-order valence-corrected chi connectivity index (χ1v) is 5.85. The first-order chi connectivity index (χ1) is 8.81. The molecule has 1 rings (SSSR count). The molecule has 0 spiro atoms. The molecule has 3 nitrogen and oxygen atoms in total. The molecule has 0 saturated heterocycles. The summed E-state index contributed by atoms with van der Waals surface area (Å²) >= 11 is 2.77. The van der Waals surface area contributed by atoms with E-state index in [2.05, 4.69) is 20.9 Å². The molecule has 0 aromatic carbocycles. The first-order valence-electron chi connectivity index (χ1n) is 5.05. The Balaban J connectivity index is 3.37. The summed E-state index contributed by atoms with van der Waals surface area (Å²) in [5.41, 5.74) is 0.882. The van der Waals surface area contributed by atoms with Crippen molar-refractivity contribution in [1.29, 1.82) is 0 Å². The normalized spacial score (nSPS) is 17.7. The van der Waals surface area contributed by atoms with Crippen LogP contribution < -0.4 is 5.73 Å². The van der Waals surface area contributed by atoms with Crippen molar-refractivity contribution in [2.24, 2.45) is 5.73 Å². The molecule has 0 aliphatic rings. The van der Waals surface area contributed by atoms with Crippen LogP contribution >= 0.6 is 15.9 Å². The molecular weight excluding hydrogens is 358 g/mol. The molecule has 20 heavy (non-hydrogen) atoms. The van der Waals surface area contributed by atoms with Crippen molar-refractivity contribution in [2.75, 3.05) is 0 Å². The van der Waals surface area contributed by atoms with E-state index in [0.29, 0.717) is 13.0 Å². The fourth-order valence-corrected chi connectivity index (χ4v) is 1.74. The first kappa shape index (κ1) is 17.2. The Labute approximate surface area is 117 Å². The molecule has 3 N–H and O–H groups in total. The summed E-state index contributed by atoms with van der Waals surface area (Å²) in [4.78, 5) is 3.33. The lowest BCUT2D eigenvalue weighted by molar-refractivity contribution is -0.286. The molecule has 10 heteroatoms. The molecule has 1 heterocycles. The smallest absolute Gasteiger partial charge is 0.379 e. The van der Waals surface area contributed by atoms with Crippen LogP contribution in [0.2, 0.25) is 0 Å². The standard InChI is InChI=1S/C10H9BrF6N2O/c1-8(18,6-4(12)2-3-5(11)19-6)9(13,14)7(20)10(15,16)17/h2-3,7,20H,18H2,1H3/t7-,8+/m0/s1. The van der Waals surface area contributed by atoms with Crippen molar-refractivity contribution < 1.29 is 31.4 Å². The Morgan fingerprint density at radius 1 is 1.25 bits per heavy atom. The molecule has 0 radical (unpaired) electrons. The molecule has 114 valence electrons. The van der Waals surface area contributed by atoms with Crippen molar-refractivity contribution in [2.45, 2.75) is 30.7 Å². The van der Waals surface area contributed by atoms with Gasteiger partial charge in [-0.25, -0.2) is 18.2 Å². The zero-order valence-electron chi connectivity index (χ0n) is 9.85. The lowest BCUT2D eigenvalue weighted by Crippen LogP contribution is -2.61. The molecule has 1 aromatic rings. The van der Waals surface area contributed by atoms with Crippen molar-refractivity contribution >= 4 is 15.9 Å². The number of rotatable bonds is 3. The number of aliphatic hydroxyl groups excluding tert-OH is 1. The van der Waals surface area contributed by atoms with E-state index in [1.54, 1.807) is 0 Å². The molecule has 0 saturated carbocycles. The minimum Gasteiger partial charge on any atom is -0.379 e. The Morgan fingerprint density at radius 3 is 2.20 bits per heavy atom. The number of aliphatic hydroxyl groups is 1. The lowest BCUT2D eigenvalue weighted by atomic mass is 9.86. The van der Waals surface area contributed by atoms with Crippen LogP contribution in [0.3, 0.4) is 0 Å². The molecule has 0 aliphatic carbocycles. The highest BCUT2D eigenvalue weighted by Crippen LogP contribution is 2.43. The third-order valence-corrected chi connectivity index (χ3v) is 3.09. The van der Waals surface area contributed by atoms with E-state index >= 15 is 0 Å². The Morgan fingerprint density at radius 2 is 1.75 bits per heavy atom. The predicted octanol–water partition coefficient (Wildman–Crippen LogP) is 2.72. The highest BCUT2D eigenvalue weighted by Gasteiger charge is 2.64. The van der Waals surface area contributed by atoms with Gasteiger partial charge in [0.25, 0.3) is 0 Å². The van der Waals surface area contributed by atoms with E-state index in [9.17, 15) is 26.3 Å². The zero-order valence-corrected chi connectivity index (χ0v) is 11.4. The number of nitrogens with zero attached hydrogens (tertiary/aromatic N) is 1. The fourth-order valence-electron chi connectivity index (χ4n) is 1.43. The van der Waals surface area contributed by atoms with Gasteiger partial charge in [-0.2, -0.15) is 13.2 Å². The van der Waals surface area contributed by atoms with Gasteiger partial charge >= 0.3 is 12.1 Å². The van der Waals surface area contributed by atoms with Crippen LogP contribution in [0.4, 0.5) is 26.3 Å². The van der Waals surface area contributed by atoms with Gasteiger partial charge in [0.15, 0.2) is 0 Å². The Hall–Kier alpha value is -0.870. The fraction of sp³-hybridized carbons (Fsp3) is 0.500.